The summed E-state index contributed by atoms with van der Waals surface area (Å²) < 4.78 is 1.08. The summed E-state index contributed by atoms with van der Waals surface area (Å²) in [6, 6.07) is 8.21. The van der Waals surface area contributed by atoms with Crippen molar-refractivity contribution in [2.24, 2.45) is 0 Å². The van der Waals surface area contributed by atoms with Gasteiger partial charge in [0.25, 0.3) is 0 Å². The predicted octanol–water partition coefficient (Wildman–Crippen LogP) is 1.61. The SMILES string of the molecule is CC1(O)CNCCN(c2ccc(Br)cc2)C1. The van der Waals surface area contributed by atoms with Crippen LogP contribution in [0, 0.1) is 0 Å². The van der Waals surface area contributed by atoms with Gasteiger partial charge in [0, 0.05) is 36.3 Å². The second-order valence-electron chi connectivity index (χ2n) is 4.57. The Hall–Kier alpha value is -0.580. The molecule has 1 heterocycles. The second kappa shape index (κ2) is 4.73. The molecule has 1 aromatic rings. The molecule has 1 fully saturated rings. The first-order chi connectivity index (χ1) is 7.57. The lowest BCUT2D eigenvalue weighted by Crippen LogP contribution is -2.43. The number of rotatable bonds is 1. The zero-order valence-electron chi connectivity index (χ0n) is 9.41. The van der Waals surface area contributed by atoms with E-state index in [9.17, 15) is 5.11 Å². The summed E-state index contributed by atoms with van der Waals surface area (Å²) in [6.45, 7) is 5.03. The molecular weight excluding hydrogens is 268 g/mol. The number of hydrogen-bond donors (Lipinski definition) is 2. The molecule has 4 heteroatoms. The molecule has 0 amide bonds. The van der Waals surface area contributed by atoms with Gasteiger partial charge < -0.3 is 15.3 Å². The Morgan fingerprint density at radius 3 is 2.75 bits per heavy atom. The Bertz CT molecular complexity index is 351. The first-order valence-electron chi connectivity index (χ1n) is 5.50. The molecule has 1 atom stereocenters. The largest absolute Gasteiger partial charge is 0.387 e. The summed E-state index contributed by atoms with van der Waals surface area (Å²) in [5.74, 6) is 0. The predicted molar refractivity (Wildman–Crippen MR) is 69.8 cm³/mol. The summed E-state index contributed by atoms with van der Waals surface area (Å²) in [6.07, 6.45) is 0. The van der Waals surface area contributed by atoms with Crippen molar-refractivity contribution in [2.45, 2.75) is 12.5 Å². The van der Waals surface area contributed by atoms with Crippen LogP contribution in [0.15, 0.2) is 28.7 Å². The molecule has 0 aromatic heterocycles. The number of nitrogens with one attached hydrogen (secondary N) is 1. The van der Waals surface area contributed by atoms with E-state index in [1.165, 1.54) is 0 Å². The quantitative estimate of drug-likeness (QED) is 0.823. The summed E-state index contributed by atoms with van der Waals surface area (Å²) >= 11 is 3.43. The monoisotopic (exact) mass is 284 g/mol. The van der Waals surface area contributed by atoms with Gasteiger partial charge in [-0.3, -0.25) is 0 Å². The molecule has 0 saturated carbocycles. The molecule has 1 saturated heterocycles. The van der Waals surface area contributed by atoms with Gasteiger partial charge in [0.15, 0.2) is 0 Å². The fraction of sp³-hybridized carbons (Fsp3) is 0.500. The lowest BCUT2D eigenvalue weighted by Gasteiger charge is -2.29. The van der Waals surface area contributed by atoms with Crippen LogP contribution >= 0.6 is 15.9 Å². The van der Waals surface area contributed by atoms with Crippen molar-refractivity contribution in [3.8, 4) is 0 Å². The highest BCUT2D eigenvalue weighted by atomic mass is 79.9. The molecule has 1 aliphatic rings. The Morgan fingerprint density at radius 2 is 2.06 bits per heavy atom. The third-order valence-electron chi connectivity index (χ3n) is 2.79. The molecule has 0 aliphatic carbocycles. The van der Waals surface area contributed by atoms with Crippen molar-refractivity contribution in [3.05, 3.63) is 28.7 Å². The summed E-state index contributed by atoms with van der Waals surface area (Å²) in [5, 5.41) is 13.4. The zero-order chi connectivity index (χ0) is 11.6. The van der Waals surface area contributed by atoms with Crippen molar-refractivity contribution in [3.63, 3.8) is 0 Å². The third-order valence-corrected chi connectivity index (χ3v) is 3.32. The van der Waals surface area contributed by atoms with Gasteiger partial charge in [-0.1, -0.05) is 15.9 Å². The highest BCUT2D eigenvalue weighted by Crippen LogP contribution is 2.21. The number of halogens is 1. The molecule has 0 radical (unpaired) electrons. The van der Waals surface area contributed by atoms with Gasteiger partial charge in [0.1, 0.15) is 0 Å². The number of nitrogens with zero attached hydrogens (tertiary/aromatic N) is 1. The third kappa shape index (κ3) is 2.97. The van der Waals surface area contributed by atoms with Crippen LogP contribution in [0.4, 0.5) is 5.69 Å². The van der Waals surface area contributed by atoms with E-state index in [2.05, 4.69) is 38.3 Å². The number of aliphatic hydroxyl groups is 1. The van der Waals surface area contributed by atoms with Crippen LogP contribution < -0.4 is 10.2 Å². The van der Waals surface area contributed by atoms with Crippen LogP contribution in [0.3, 0.4) is 0 Å². The summed E-state index contributed by atoms with van der Waals surface area (Å²) in [4.78, 5) is 2.21. The lowest BCUT2D eigenvalue weighted by atomic mass is 10.1. The smallest absolute Gasteiger partial charge is 0.0917 e. The van der Waals surface area contributed by atoms with Crippen molar-refractivity contribution in [2.75, 3.05) is 31.1 Å². The molecule has 88 valence electrons. The van der Waals surface area contributed by atoms with Gasteiger partial charge in [-0.15, -0.1) is 0 Å². The van der Waals surface area contributed by atoms with E-state index in [1.807, 2.05) is 19.1 Å². The summed E-state index contributed by atoms with van der Waals surface area (Å²) in [5.41, 5.74) is 0.496. The fourth-order valence-corrected chi connectivity index (χ4v) is 2.25. The maximum Gasteiger partial charge on any atom is 0.0917 e. The number of anilines is 1. The minimum atomic E-state index is -0.663. The molecule has 1 aliphatic heterocycles. The van der Waals surface area contributed by atoms with Gasteiger partial charge in [-0.05, 0) is 31.2 Å². The van der Waals surface area contributed by atoms with Crippen LogP contribution in [0.1, 0.15) is 6.92 Å². The Balaban J connectivity index is 2.16. The molecular formula is C12H17BrN2O. The van der Waals surface area contributed by atoms with Crippen molar-refractivity contribution in [1.29, 1.82) is 0 Å². The number of β-amino-alcohol motifs (C(OH)–C–C–N with tert-alkyl or cyclic N) is 1. The molecule has 1 unspecified atom stereocenters. The van der Waals surface area contributed by atoms with E-state index in [0.717, 1.165) is 23.2 Å². The van der Waals surface area contributed by atoms with Crippen LogP contribution in [-0.2, 0) is 0 Å². The molecule has 16 heavy (non-hydrogen) atoms. The topological polar surface area (TPSA) is 35.5 Å². The molecule has 0 spiro atoms. The second-order valence-corrected chi connectivity index (χ2v) is 5.49. The molecule has 1 aromatic carbocycles. The highest BCUT2D eigenvalue weighted by molar-refractivity contribution is 9.10. The summed E-state index contributed by atoms with van der Waals surface area (Å²) in [7, 11) is 0. The van der Waals surface area contributed by atoms with Crippen molar-refractivity contribution < 1.29 is 5.11 Å². The van der Waals surface area contributed by atoms with Gasteiger partial charge in [0.2, 0.25) is 0 Å². The van der Waals surface area contributed by atoms with E-state index < -0.39 is 5.60 Å². The van der Waals surface area contributed by atoms with Crippen LogP contribution in [-0.4, -0.2) is 36.9 Å². The average Bonchev–Trinajstić information content (AvgIpc) is 2.40. The molecule has 2 N–H and O–H groups in total. The lowest BCUT2D eigenvalue weighted by molar-refractivity contribution is 0.0729. The zero-order valence-corrected chi connectivity index (χ0v) is 11.0. The number of benzene rings is 1. The van der Waals surface area contributed by atoms with Crippen molar-refractivity contribution >= 4 is 21.6 Å². The van der Waals surface area contributed by atoms with E-state index in [4.69, 9.17) is 0 Å². The van der Waals surface area contributed by atoms with Crippen LogP contribution in [0.2, 0.25) is 0 Å². The molecule has 2 rings (SSSR count). The maximum absolute atomic E-state index is 10.1. The standard InChI is InChI=1S/C12H17BrN2O/c1-12(16)8-14-6-7-15(9-12)11-4-2-10(13)3-5-11/h2-5,14,16H,6-9H2,1H3. The van der Waals surface area contributed by atoms with Gasteiger partial charge in [-0.25, -0.2) is 0 Å². The van der Waals surface area contributed by atoms with Gasteiger partial charge in [-0.2, -0.15) is 0 Å². The minimum Gasteiger partial charge on any atom is -0.387 e. The van der Waals surface area contributed by atoms with E-state index in [-0.39, 0.29) is 0 Å². The normalized spacial score (nSPS) is 26.6. The Kier molecular flexibility index (Phi) is 3.52. The highest BCUT2D eigenvalue weighted by Gasteiger charge is 2.26. The van der Waals surface area contributed by atoms with Crippen LogP contribution in [0.5, 0.6) is 0 Å². The first-order valence-corrected chi connectivity index (χ1v) is 6.30. The van der Waals surface area contributed by atoms with E-state index in [1.54, 1.807) is 0 Å². The molecule has 3 nitrogen and oxygen atoms in total. The van der Waals surface area contributed by atoms with Crippen LogP contribution in [0.25, 0.3) is 0 Å². The first kappa shape index (κ1) is 11.9. The van der Waals surface area contributed by atoms with Gasteiger partial charge >= 0.3 is 0 Å². The maximum atomic E-state index is 10.1. The number of hydrogen-bond acceptors (Lipinski definition) is 3. The molecule has 0 bridgehead atoms. The average molecular weight is 285 g/mol. The van der Waals surface area contributed by atoms with E-state index in [0.29, 0.717) is 13.1 Å². The van der Waals surface area contributed by atoms with Crippen molar-refractivity contribution in [1.82, 2.24) is 5.32 Å². The Labute approximate surface area is 105 Å². The minimum absolute atomic E-state index is 0.653. The van der Waals surface area contributed by atoms with Gasteiger partial charge in [0.05, 0.1) is 5.60 Å². The fourth-order valence-electron chi connectivity index (χ4n) is 1.99. The van der Waals surface area contributed by atoms with E-state index >= 15 is 0 Å². The Morgan fingerprint density at radius 1 is 1.38 bits per heavy atom.